The maximum atomic E-state index is 13.6. The molecule has 16 nitrogen and oxygen atoms in total. The van der Waals surface area contributed by atoms with E-state index in [9.17, 15) is 24.3 Å². The summed E-state index contributed by atoms with van der Waals surface area (Å²) in [4.78, 5) is 69.2. The van der Waals surface area contributed by atoms with Crippen LogP contribution in [0.2, 0.25) is 0 Å². The summed E-state index contributed by atoms with van der Waals surface area (Å²) in [7, 11) is 0. The number of benzene rings is 1. The second-order valence-corrected chi connectivity index (χ2v) is 9.83. The predicted molar refractivity (Wildman–Crippen MR) is 156 cm³/mol. The van der Waals surface area contributed by atoms with Crippen molar-refractivity contribution in [1.29, 1.82) is 0 Å². The molecule has 0 saturated carbocycles. The third kappa shape index (κ3) is 10.9. The first-order valence-corrected chi connectivity index (χ1v) is 13.6. The maximum Gasteiger partial charge on any atom is 0.326 e. The van der Waals surface area contributed by atoms with E-state index in [2.05, 4.69) is 40.9 Å². The minimum Gasteiger partial charge on any atom is -0.480 e. The topological polar surface area (TPSA) is 272 Å². The number of aliphatic carboxylic acids is 1. The summed E-state index contributed by atoms with van der Waals surface area (Å²) in [6.07, 6.45) is 6.43. The van der Waals surface area contributed by atoms with E-state index in [4.69, 9.17) is 17.2 Å². The first-order valence-electron chi connectivity index (χ1n) is 13.6. The highest BCUT2D eigenvalue weighted by atomic mass is 16.4. The monoisotopic (exact) mass is 595 g/mol. The first kappa shape index (κ1) is 32.3. The predicted octanol–water partition coefficient (Wildman–Crippen LogP) is -1.92. The highest BCUT2D eigenvalue weighted by Gasteiger charge is 2.30. The molecule has 0 aliphatic heterocycles. The molecule has 1 aromatic carbocycles. The van der Waals surface area contributed by atoms with Gasteiger partial charge in [-0.2, -0.15) is 0 Å². The molecule has 3 rings (SSSR count). The Morgan fingerprint density at radius 1 is 0.814 bits per heavy atom. The number of carboxylic acids is 1. The number of aromatic nitrogens is 4. The van der Waals surface area contributed by atoms with Gasteiger partial charge < -0.3 is 48.2 Å². The molecule has 0 saturated heterocycles. The number of aromatic amines is 2. The summed E-state index contributed by atoms with van der Waals surface area (Å²) in [5.41, 5.74) is 18.8. The van der Waals surface area contributed by atoms with E-state index in [1.165, 1.54) is 18.9 Å². The summed E-state index contributed by atoms with van der Waals surface area (Å²) in [6.45, 7) is 0.172. The molecule has 0 bridgehead atoms. The van der Waals surface area contributed by atoms with E-state index >= 15 is 0 Å². The van der Waals surface area contributed by atoms with Crippen molar-refractivity contribution >= 4 is 29.7 Å². The van der Waals surface area contributed by atoms with Gasteiger partial charge in [-0.1, -0.05) is 30.3 Å². The minimum atomic E-state index is -1.30. The molecule has 3 amide bonds. The zero-order valence-corrected chi connectivity index (χ0v) is 23.4. The summed E-state index contributed by atoms with van der Waals surface area (Å²) in [6, 6.07) is 4.44. The molecule has 16 heteroatoms. The van der Waals surface area contributed by atoms with Crippen LogP contribution in [0.1, 0.15) is 29.8 Å². The van der Waals surface area contributed by atoms with Crippen molar-refractivity contribution in [2.24, 2.45) is 22.2 Å². The number of aliphatic imine (C=N–C) groups is 1. The molecule has 3 aromatic rings. The van der Waals surface area contributed by atoms with E-state index < -0.39 is 47.9 Å². The van der Waals surface area contributed by atoms with Crippen LogP contribution >= 0.6 is 0 Å². The SMILES string of the molecule is NC(N)=NCCCC(NC(=O)C(Cc1ccccc1)NC(=O)C(N)Cc1cnc[nH]1)C(=O)NC(Cc1cnc[nH]1)C(=O)O. The number of nitrogens with zero attached hydrogens (tertiary/aromatic N) is 3. The molecule has 0 radical (unpaired) electrons. The number of guanidine groups is 1. The zero-order valence-electron chi connectivity index (χ0n) is 23.4. The average molecular weight is 596 g/mol. The molecule has 12 N–H and O–H groups in total. The van der Waals surface area contributed by atoms with E-state index in [0.29, 0.717) is 17.8 Å². The summed E-state index contributed by atoms with van der Waals surface area (Å²) in [5.74, 6) is -3.37. The van der Waals surface area contributed by atoms with Gasteiger partial charge in [0.2, 0.25) is 17.7 Å². The Morgan fingerprint density at radius 3 is 1.98 bits per heavy atom. The quantitative estimate of drug-likeness (QED) is 0.0474. The van der Waals surface area contributed by atoms with Crippen molar-refractivity contribution < 1.29 is 24.3 Å². The van der Waals surface area contributed by atoms with Gasteiger partial charge in [0, 0.05) is 49.6 Å². The van der Waals surface area contributed by atoms with Crippen LogP contribution < -0.4 is 33.2 Å². The number of nitrogens with one attached hydrogen (secondary N) is 5. The van der Waals surface area contributed by atoms with E-state index in [1.807, 2.05) is 6.07 Å². The normalized spacial score (nSPS) is 13.6. The molecule has 4 unspecified atom stereocenters. The highest BCUT2D eigenvalue weighted by molar-refractivity contribution is 5.94. The fourth-order valence-corrected chi connectivity index (χ4v) is 4.20. The van der Waals surface area contributed by atoms with Crippen molar-refractivity contribution in [3.63, 3.8) is 0 Å². The van der Waals surface area contributed by atoms with E-state index in [-0.39, 0.29) is 38.2 Å². The van der Waals surface area contributed by atoms with E-state index in [0.717, 1.165) is 5.56 Å². The lowest BCUT2D eigenvalue weighted by Gasteiger charge is -2.25. The first-order chi connectivity index (χ1) is 20.6. The van der Waals surface area contributed by atoms with Crippen LogP contribution in [-0.2, 0) is 38.4 Å². The van der Waals surface area contributed by atoms with Crippen LogP contribution in [-0.4, -0.2) is 85.4 Å². The van der Waals surface area contributed by atoms with Crippen molar-refractivity contribution in [2.75, 3.05) is 6.54 Å². The second kappa shape index (κ2) is 16.3. The van der Waals surface area contributed by atoms with Gasteiger partial charge >= 0.3 is 5.97 Å². The third-order valence-corrected chi connectivity index (χ3v) is 6.42. The molecule has 0 aliphatic rings. The number of carbonyl (C=O) groups is 4. The van der Waals surface area contributed by atoms with Crippen LogP contribution in [0.5, 0.6) is 0 Å². The molecular weight excluding hydrogens is 558 g/mol. The lowest BCUT2D eigenvalue weighted by molar-refractivity contribution is -0.142. The van der Waals surface area contributed by atoms with Crippen LogP contribution in [0, 0.1) is 0 Å². The number of amides is 3. The molecule has 0 fully saturated rings. The number of hydrogen-bond donors (Lipinski definition) is 9. The summed E-state index contributed by atoms with van der Waals surface area (Å²) >= 11 is 0. The van der Waals surface area contributed by atoms with Gasteiger partial charge in [-0.05, 0) is 18.4 Å². The Labute approximate surface area is 247 Å². The van der Waals surface area contributed by atoms with Crippen LogP contribution in [0.4, 0.5) is 0 Å². The lowest BCUT2D eigenvalue weighted by atomic mass is 10.0. The Kier molecular flexibility index (Phi) is 12.2. The summed E-state index contributed by atoms with van der Waals surface area (Å²) < 4.78 is 0. The minimum absolute atomic E-state index is 0.0589. The number of imidazole rings is 2. The zero-order chi connectivity index (χ0) is 31.2. The van der Waals surface area contributed by atoms with Gasteiger partial charge in [-0.3, -0.25) is 19.4 Å². The number of hydrogen-bond acceptors (Lipinski definition) is 8. The number of nitrogens with two attached hydrogens (primary N) is 3. The molecule has 4 atom stereocenters. The Hall–Kier alpha value is -5.25. The van der Waals surface area contributed by atoms with Crippen LogP contribution in [0.3, 0.4) is 0 Å². The highest BCUT2D eigenvalue weighted by Crippen LogP contribution is 2.08. The fourth-order valence-electron chi connectivity index (χ4n) is 4.20. The van der Waals surface area contributed by atoms with Crippen LogP contribution in [0.15, 0.2) is 60.4 Å². The maximum absolute atomic E-state index is 13.6. The van der Waals surface area contributed by atoms with Gasteiger partial charge in [-0.25, -0.2) is 14.8 Å². The summed E-state index contributed by atoms with van der Waals surface area (Å²) in [5, 5.41) is 17.5. The van der Waals surface area contributed by atoms with Gasteiger partial charge in [0.05, 0.1) is 18.7 Å². The van der Waals surface area contributed by atoms with Gasteiger partial charge in [0.1, 0.15) is 18.1 Å². The van der Waals surface area contributed by atoms with Crippen molar-refractivity contribution in [2.45, 2.75) is 56.3 Å². The van der Waals surface area contributed by atoms with Crippen molar-refractivity contribution in [3.05, 3.63) is 72.3 Å². The van der Waals surface area contributed by atoms with Gasteiger partial charge in [-0.15, -0.1) is 0 Å². The largest absolute Gasteiger partial charge is 0.480 e. The molecule has 2 aromatic heterocycles. The number of carbonyl (C=O) groups excluding carboxylic acids is 3. The molecule has 2 heterocycles. The second-order valence-electron chi connectivity index (χ2n) is 9.83. The number of carboxylic acid groups (broad SMARTS) is 1. The van der Waals surface area contributed by atoms with Crippen molar-refractivity contribution in [3.8, 4) is 0 Å². The molecule has 43 heavy (non-hydrogen) atoms. The molecule has 0 aliphatic carbocycles. The number of rotatable bonds is 17. The molecule has 0 spiro atoms. The van der Waals surface area contributed by atoms with Gasteiger partial charge in [0.15, 0.2) is 5.96 Å². The molecular formula is C27H37N11O5. The van der Waals surface area contributed by atoms with E-state index in [1.54, 1.807) is 30.5 Å². The lowest BCUT2D eigenvalue weighted by Crippen LogP contribution is -2.58. The Morgan fingerprint density at radius 2 is 1.40 bits per heavy atom. The number of H-pyrrole nitrogens is 2. The Bertz CT molecular complexity index is 1340. The average Bonchev–Trinajstić information content (AvgIpc) is 3.68. The third-order valence-electron chi connectivity index (χ3n) is 6.42. The fraction of sp³-hybridized carbons (Fsp3) is 0.370. The smallest absolute Gasteiger partial charge is 0.326 e. The van der Waals surface area contributed by atoms with Gasteiger partial charge in [0.25, 0.3) is 0 Å². The van der Waals surface area contributed by atoms with Crippen molar-refractivity contribution in [1.82, 2.24) is 35.9 Å². The Balaban J connectivity index is 1.77. The standard InChI is InChI=1S/C27H37N11O5/c28-19(10-17-12-31-14-34-17)23(39)37-21(9-16-5-2-1-3-6-16)25(41)36-20(7-4-8-33-27(29)30)24(40)38-22(26(42)43)11-18-13-32-15-35-18/h1-3,5-6,12-15,19-22H,4,7-11,28H2,(H,31,34)(H,32,35)(H,36,41)(H,37,39)(H,38,40)(H,42,43)(H4,29,30,33). The van der Waals surface area contributed by atoms with Crippen LogP contribution in [0.25, 0.3) is 0 Å². The molecule has 230 valence electrons.